The highest BCUT2D eigenvalue weighted by Gasteiger charge is 2.47. The second-order valence-corrected chi connectivity index (χ2v) is 13.4. The number of hydrogen-bond acceptors (Lipinski definition) is 13. The molecular formula is C26H38N8O6S. The van der Waals surface area contributed by atoms with Gasteiger partial charge in [-0.1, -0.05) is 18.5 Å². The summed E-state index contributed by atoms with van der Waals surface area (Å²) in [6.07, 6.45) is 2.37. The van der Waals surface area contributed by atoms with E-state index in [-0.39, 0.29) is 17.5 Å². The second kappa shape index (κ2) is 11.8. The number of nitrogens with one attached hydrogen (secondary N) is 2. The van der Waals surface area contributed by atoms with Crippen LogP contribution in [0.3, 0.4) is 0 Å². The number of imidazole rings is 1. The van der Waals surface area contributed by atoms with Crippen molar-refractivity contribution in [3.63, 3.8) is 0 Å². The smallest absolute Gasteiger partial charge is 0.226 e. The Kier molecular flexibility index (Phi) is 8.14. The van der Waals surface area contributed by atoms with Crippen LogP contribution in [0.5, 0.6) is 0 Å². The van der Waals surface area contributed by atoms with E-state index in [1.54, 1.807) is 10.6 Å². The van der Waals surface area contributed by atoms with Crippen LogP contribution in [0.2, 0.25) is 0 Å². The Morgan fingerprint density at radius 1 is 1.10 bits per heavy atom. The van der Waals surface area contributed by atoms with E-state index in [0.29, 0.717) is 54.5 Å². The molecule has 3 saturated heterocycles. The predicted octanol–water partition coefficient (Wildman–Crippen LogP) is 1.26. The summed E-state index contributed by atoms with van der Waals surface area (Å²) >= 11 is 0. The molecule has 14 nitrogen and oxygen atoms in total. The average Bonchev–Trinajstić information content (AvgIpc) is 3.69. The first-order chi connectivity index (χ1) is 19.8. The van der Waals surface area contributed by atoms with E-state index in [2.05, 4.69) is 25.7 Å². The Bertz CT molecular complexity index is 1440. The van der Waals surface area contributed by atoms with Gasteiger partial charge in [-0.2, -0.15) is 9.97 Å². The average molecular weight is 591 g/mol. The summed E-state index contributed by atoms with van der Waals surface area (Å²) in [5, 5.41) is 32.5. The molecule has 224 valence electrons. The van der Waals surface area contributed by atoms with Crippen molar-refractivity contribution in [2.45, 2.75) is 76.0 Å². The van der Waals surface area contributed by atoms with Gasteiger partial charge in [-0.25, -0.2) is 13.4 Å². The highest BCUT2D eigenvalue weighted by atomic mass is 32.2. The monoisotopic (exact) mass is 590 g/mol. The van der Waals surface area contributed by atoms with Gasteiger partial charge in [0.25, 0.3) is 0 Å². The Morgan fingerprint density at radius 2 is 1.88 bits per heavy atom. The van der Waals surface area contributed by atoms with Crippen molar-refractivity contribution < 1.29 is 27.9 Å². The molecule has 0 saturated carbocycles. The second-order valence-electron chi connectivity index (χ2n) is 11.1. The molecule has 0 spiro atoms. The largest absolute Gasteiger partial charge is 0.387 e. The summed E-state index contributed by atoms with van der Waals surface area (Å²) in [7, 11) is -3.02. The molecular weight excluding hydrogens is 552 g/mol. The third-order valence-electron chi connectivity index (χ3n) is 8.21. The number of anilines is 2. The lowest BCUT2D eigenvalue weighted by Gasteiger charge is -2.26. The molecule has 0 aliphatic carbocycles. The molecule has 6 heterocycles. The molecule has 6 rings (SSSR count). The first kappa shape index (κ1) is 28.3. The van der Waals surface area contributed by atoms with Crippen LogP contribution in [0.15, 0.2) is 16.9 Å². The lowest BCUT2D eigenvalue weighted by atomic mass is 10.1. The fourth-order valence-electron chi connectivity index (χ4n) is 5.77. The number of likely N-dealkylation sites (tertiary alicyclic amines) is 1. The minimum absolute atomic E-state index is 0.0817. The zero-order chi connectivity index (χ0) is 28.6. The number of fused-ring (bicyclic) bond motifs is 1. The van der Waals surface area contributed by atoms with Gasteiger partial charge in [-0.3, -0.25) is 4.57 Å². The number of ether oxygens (including phenoxy) is 1. The lowest BCUT2D eigenvalue weighted by molar-refractivity contribution is -0.0434. The van der Waals surface area contributed by atoms with Gasteiger partial charge in [-0.15, -0.1) is 0 Å². The fraction of sp³-hybridized carbons (Fsp3) is 0.692. The Hall–Kier alpha value is -2.85. The lowest BCUT2D eigenvalue weighted by Crippen LogP contribution is -2.34. The number of aliphatic hydroxyl groups is 2. The Balaban J connectivity index is 1.27. The Morgan fingerprint density at radius 3 is 2.61 bits per heavy atom. The van der Waals surface area contributed by atoms with Crippen LogP contribution in [-0.2, 0) is 21.0 Å². The van der Waals surface area contributed by atoms with Crippen molar-refractivity contribution in [1.29, 1.82) is 0 Å². The van der Waals surface area contributed by atoms with Gasteiger partial charge in [0.15, 0.2) is 29.0 Å². The molecule has 0 radical (unpaired) electrons. The summed E-state index contributed by atoms with van der Waals surface area (Å²) in [6, 6.07) is 1.63. The maximum atomic E-state index is 12.0. The van der Waals surface area contributed by atoms with Gasteiger partial charge in [-0.05, 0) is 45.2 Å². The SMILES string of the molecule is CCc1cc([C@H]2O[C@@H](n3cnc4c(NC5CCS(=O)(=O)CC5)nc(NCCN5CCCCC5)nc43)[C@H](O)[C@@H]2O)on1. The maximum Gasteiger partial charge on any atom is 0.226 e. The van der Waals surface area contributed by atoms with Crippen LogP contribution >= 0.6 is 0 Å². The molecule has 15 heteroatoms. The minimum atomic E-state index is -3.02. The number of nitrogens with zero attached hydrogens (tertiary/aromatic N) is 6. The predicted molar refractivity (Wildman–Crippen MR) is 150 cm³/mol. The van der Waals surface area contributed by atoms with E-state index in [4.69, 9.17) is 19.2 Å². The quantitative estimate of drug-likeness (QED) is 0.280. The van der Waals surface area contributed by atoms with Crippen LogP contribution in [0.4, 0.5) is 11.8 Å². The number of aryl methyl sites for hydroxylation is 1. The number of sulfone groups is 1. The third kappa shape index (κ3) is 6.04. The molecule has 0 amide bonds. The summed E-state index contributed by atoms with van der Waals surface area (Å²) in [5.74, 6) is 1.44. The molecule has 3 aromatic heterocycles. The summed E-state index contributed by atoms with van der Waals surface area (Å²) in [6.45, 7) is 5.61. The highest BCUT2D eigenvalue weighted by molar-refractivity contribution is 7.91. The van der Waals surface area contributed by atoms with E-state index in [1.165, 1.54) is 25.6 Å². The van der Waals surface area contributed by atoms with Crippen molar-refractivity contribution in [3.05, 3.63) is 23.8 Å². The van der Waals surface area contributed by atoms with Crippen LogP contribution in [0.1, 0.15) is 62.8 Å². The third-order valence-corrected chi connectivity index (χ3v) is 9.92. The van der Waals surface area contributed by atoms with E-state index >= 15 is 0 Å². The standard InChI is InChI=1S/C26H38N8O6S/c1-2-16-14-18(40-32-16)22-20(35)21(36)25(39-22)34-15-28-19-23(29-17-6-12-41(37,38)13-7-17)30-26(31-24(19)34)27-8-11-33-9-4-3-5-10-33/h14-15,17,20-22,25,35-36H,2-13H2,1H3,(H2,27,29,30,31)/t20-,21+,22+,25+/m0/s1. The molecule has 3 aromatic rings. The van der Waals surface area contributed by atoms with Crippen molar-refractivity contribution >= 4 is 32.8 Å². The first-order valence-electron chi connectivity index (χ1n) is 14.5. The van der Waals surface area contributed by atoms with Crippen molar-refractivity contribution in [2.24, 2.45) is 0 Å². The minimum Gasteiger partial charge on any atom is -0.387 e. The van der Waals surface area contributed by atoms with Crippen LogP contribution < -0.4 is 10.6 Å². The van der Waals surface area contributed by atoms with Crippen molar-refractivity contribution in [1.82, 2.24) is 29.6 Å². The number of piperidine rings is 1. The zero-order valence-electron chi connectivity index (χ0n) is 23.1. The summed E-state index contributed by atoms with van der Waals surface area (Å²) in [4.78, 5) is 16.4. The molecule has 0 bridgehead atoms. The number of aromatic nitrogens is 5. The van der Waals surface area contributed by atoms with E-state index in [9.17, 15) is 18.6 Å². The van der Waals surface area contributed by atoms with Gasteiger partial charge in [0.05, 0.1) is 23.5 Å². The van der Waals surface area contributed by atoms with Crippen molar-refractivity contribution in [3.8, 4) is 0 Å². The molecule has 3 aliphatic heterocycles. The van der Waals surface area contributed by atoms with Crippen LogP contribution in [-0.4, -0.2) is 104 Å². The topological polar surface area (TPSA) is 181 Å². The Labute approximate surface area is 238 Å². The zero-order valence-corrected chi connectivity index (χ0v) is 24.0. The maximum absolute atomic E-state index is 12.0. The summed E-state index contributed by atoms with van der Waals surface area (Å²) < 4.78 is 37.0. The first-order valence-corrected chi connectivity index (χ1v) is 16.3. The number of hydrogen-bond donors (Lipinski definition) is 4. The highest BCUT2D eigenvalue weighted by Crippen LogP contribution is 2.40. The van der Waals surface area contributed by atoms with Gasteiger partial charge in [0.1, 0.15) is 28.1 Å². The van der Waals surface area contributed by atoms with Gasteiger partial charge in [0.2, 0.25) is 5.95 Å². The molecule has 3 fully saturated rings. The molecule has 4 atom stereocenters. The van der Waals surface area contributed by atoms with Gasteiger partial charge in [0, 0.05) is 25.2 Å². The number of rotatable bonds is 9. The van der Waals surface area contributed by atoms with Gasteiger partial charge >= 0.3 is 0 Å². The fourth-order valence-corrected chi connectivity index (χ4v) is 7.26. The molecule has 3 aliphatic rings. The van der Waals surface area contributed by atoms with E-state index in [1.807, 2.05) is 6.92 Å². The van der Waals surface area contributed by atoms with Gasteiger partial charge < -0.3 is 35.0 Å². The summed E-state index contributed by atoms with van der Waals surface area (Å²) in [5.41, 5.74) is 1.60. The van der Waals surface area contributed by atoms with E-state index in [0.717, 1.165) is 25.3 Å². The molecule has 0 aromatic carbocycles. The van der Waals surface area contributed by atoms with Crippen molar-refractivity contribution in [2.75, 3.05) is 48.3 Å². The van der Waals surface area contributed by atoms with Crippen LogP contribution in [0.25, 0.3) is 11.2 Å². The number of aliphatic hydroxyl groups excluding tert-OH is 2. The van der Waals surface area contributed by atoms with Crippen LogP contribution in [0, 0.1) is 0 Å². The molecule has 41 heavy (non-hydrogen) atoms. The normalized spacial score (nSPS) is 27.4. The molecule has 4 N–H and O–H groups in total. The van der Waals surface area contributed by atoms with E-state index < -0.39 is 34.4 Å². The molecule has 0 unspecified atom stereocenters.